The third-order valence-electron chi connectivity index (χ3n) is 4.95. The number of amides is 1. The fourth-order valence-electron chi connectivity index (χ4n) is 3.44. The van der Waals surface area contributed by atoms with Gasteiger partial charge in [0, 0.05) is 41.5 Å². The summed E-state index contributed by atoms with van der Waals surface area (Å²) in [7, 11) is 0. The van der Waals surface area contributed by atoms with Crippen LogP contribution in [0.5, 0.6) is 0 Å². The Balaban J connectivity index is 1.67. The maximum Gasteiger partial charge on any atom is 0.246 e. The number of benzene rings is 2. The molecule has 0 unspecified atom stereocenters. The lowest BCUT2D eigenvalue weighted by Gasteiger charge is -2.25. The van der Waals surface area contributed by atoms with Gasteiger partial charge in [-0.25, -0.2) is 4.68 Å². The highest BCUT2D eigenvalue weighted by atomic mass is 35.5. The van der Waals surface area contributed by atoms with E-state index in [1.54, 1.807) is 6.08 Å². The van der Waals surface area contributed by atoms with Gasteiger partial charge in [-0.15, -0.1) is 0 Å². The Bertz CT molecular complexity index is 971. The van der Waals surface area contributed by atoms with Gasteiger partial charge < -0.3 is 4.90 Å². The molecule has 1 saturated heterocycles. The van der Waals surface area contributed by atoms with Gasteiger partial charge in [-0.1, -0.05) is 41.9 Å². The first-order valence-electron chi connectivity index (χ1n) is 9.59. The monoisotopic (exact) mass is 391 g/mol. The minimum absolute atomic E-state index is 0.0641. The molecule has 0 spiro atoms. The van der Waals surface area contributed by atoms with Crippen molar-refractivity contribution in [2.75, 3.05) is 13.1 Å². The quantitative estimate of drug-likeness (QED) is 0.572. The van der Waals surface area contributed by atoms with Crippen LogP contribution in [-0.2, 0) is 4.79 Å². The zero-order valence-corrected chi connectivity index (χ0v) is 16.3. The maximum atomic E-state index is 12.5. The fraction of sp³-hybridized carbons (Fsp3) is 0.217. The van der Waals surface area contributed by atoms with Crippen molar-refractivity contribution in [1.82, 2.24) is 14.7 Å². The Labute approximate surface area is 170 Å². The van der Waals surface area contributed by atoms with Crippen LogP contribution in [0.4, 0.5) is 0 Å². The molecule has 3 aromatic rings. The number of para-hydroxylation sites is 1. The summed E-state index contributed by atoms with van der Waals surface area (Å²) in [4.78, 5) is 14.5. The number of rotatable bonds is 4. The molecule has 1 amide bonds. The van der Waals surface area contributed by atoms with Crippen LogP contribution < -0.4 is 0 Å². The van der Waals surface area contributed by atoms with Crippen molar-refractivity contribution < 1.29 is 4.79 Å². The van der Waals surface area contributed by atoms with Gasteiger partial charge in [-0.05, 0) is 49.6 Å². The molecule has 28 heavy (non-hydrogen) atoms. The van der Waals surface area contributed by atoms with Crippen LogP contribution in [0.15, 0.2) is 66.9 Å². The van der Waals surface area contributed by atoms with E-state index in [4.69, 9.17) is 16.7 Å². The molecule has 0 radical (unpaired) electrons. The smallest absolute Gasteiger partial charge is 0.246 e. The highest BCUT2D eigenvalue weighted by Gasteiger charge is 2.15. The van der Waals surface area contributed by atoms with Gasteiger partial charge in [0.05, 0.1) is 11.4 Å². The Hall–Kier alpha value is -2.85. The normalized spacial score (nSPS) is 14.5. The molecule has 1 aliphatic heterocycles. The first-order valence-corrected chi connectivity index (χ1v) is 9.96. The van der Waals surface area contributed by atoms with Gasteiger partial charge in [0.15, 0.2) is 0 Å². The van der Waals surface area contributed by atoms with Gasteiger partial charge in [0.1, 0.15) is 0 Å². The van der Waals surface area contributed by atoms with Gasteiger partial charge in [0.2, 0.25) is 5.91 Å². The average molecular weight is 392 g/mol. The summed E-state index contributed by atoms with van der Waals surface area (Å²) in [5.74, 6) is 0.0641. The van der Waals surface area contributed by atoms with Crippen molar-refractivity contribution in [3.63, 3.8) is 0 Å². The SMILES string of the molecule is O=C(C=Cc1cn(-c2ccccc2)nc1-c1ccc(Cl)cc1)N1CCCCC1. The van der Waals surface area contributed by atoms with E-state index in [9.17, 15) is 4.79 Å². The number of aromatic nitrogens is 2. The van der Waals surface area contributed by atoms with Crippen molar-refractivity contribution in [3.05, 3.63) is 77.5 Å². The number of likely N-dealkylation sites (tertiary alicyclic amines) is 1. The zero-order valence-electron chi connectivity index (χ0n) is 15.6. The first-order chi connectivity index (χ1) is 13.7. The van der Waals surface area contributed by atoms with E-state index in [1.165, 1.54) is 6.42 Å². The molecule has 4 rings (SSSR count). The molecule has 1 aromatic heterocycles. The molecule has 5 heteroatoms. The Morgan fingerprint density at radius 1 is 0.964 bits per heavy atom. The van der Waals surface area contributed by atoms with Crippen LogP contribution in [0.1, 0.15) is 24.8 Å². The maximum absolute atomic E-state index is 12.5. The first kappa shape index (κ1) is 18.5. The highest BCUT2D eigenvalue weighted by Crippen LogP contribution is 2.26. The lowest BCUT2D eigenvalue weighted by atomic mass is 10.1. The van der Waals surface area contributed by atoms with Crippen molar-refractivity contribution in [2.45, 2.75) is 19.3 Å². The molecule has 1 aliphatic rings. The molecule has 0 N–H and O–H groups in total. The van der Waals surface area contributed by atoms with Crippen LogP contribution in [0.3, 0.4) is 0 Å². The lowest BCUT2D eigenvalue weighted by Crippen LogP contribution is -2.34. The van der Waals surface area contributed by atoms with Gasteiger partial charge in [0.25, 0.3) is 0 Å². The van der Waals surface area contributed by atoms with Gasteiger partial charge in [-0.3, -0.25) is 4.79 Å². The number of carbonyl (C=O) groups excluding carboxylic acids is 1. The number of hydrogen-bond donors (Lipinski definition) is 0. The topological polar surface area (TPSA) is 38.1 Å². The predicted octanol–water partition coefficient (Wildman–Crippen LogP) is 5.22. The van der Waals surface area contributed by atoms with E-state index in [2.05, 4.69) is 0 Å². The number of hydrogen-bond acceptors (Lipinski definition) is 2. The number of nitrogens with zero attached hydrogens (tertiary/aromatic N) is 3. The van der Waals surface area contributed by atoms with Crippen LogP contribution in [0, 0.1) is 0 Å². The molecular formula is C23H22ClN3O. The van der Waals surface area contributed by atoms with E-state index in [0.717, 1.165) is 48.4 Å². The van der Waals surface area contributed by atoms with Crippen LogP contribution in [0.25, 0.3) is 23.0 Å². The molecule has 142 valence electrons. The van der Waals surface area contributed by atoms with Crippen LogP contribution >= 0.6 is 11.6 Å². The molecule has 0 saturated carbocycles. The number of halogens is 1. The molecule has 2 aromatic carbocycles. The molecule has 0 bridgehead atoms. The standard InChI is InChI=1S/C23H22ClN3O/c24-20-12-9-18(10-13-20)23-19(11-14-22(28)26-15-5-2-6-16-26)17-27(25-23)21-7-3-1-4-8-21/h1,3-4,7-14,17H,2,5-6,15-16H2. The third kappa shape index (κ3) is 4.18. The van der Waals surface area contributed by atoms with Crippen molar-refractivity contribution >= 4 is 23.6 Å². The van der Waals surface area contributed by atoms with Gasteiger partial charge >= 0.3 is 0 Å². The second-order valence-electron chi connectivity index (χ2n) is 6.94. The summed E-state index contributed by atoms with van der Waals surface area (Å²) in [6, 6.07) is 17.5. The van der Waals surface area contributed by atoms with E-state index >= 15 is 0 Å². The largest absolute Gasteiger partial charge is 0.339 e. The number of piperidine rings is 1. The van der Waals surface area contributed by atoms with E-state index in [-0.39, 0.29) is 5.91 Å². The molecule has 0 aliphatic carbocycles. The van der Waals surface area contributed by atoms with Crippen LogP contribution in [0.2, 0.25) is 5.02 Å². The Kier molecular flexibility index (Phi) is 5.58. The summed E-state index contributed by atoms with van der Waals surface area (Å²) in [5.41, 5.74) is 3.66. The summed E-state index contributed by atoms with van der Waals surface area (Å²) in [5, 5.41) is 5.45. The third-order valence-corrected chi connectivity index (χ3v) is 5.21. The van der Waals surface area contributed by atoms with Crippen molar-refractivity contribution in [3.8, 4) is 16.9 Å². The van der Waals surface area contributed by atoms with E-state index in [1.807, 2.05) is 76.5 Å². The fourth-order valence-corrected chi connectivity index (χ4v) is 3.56. The Morgan fingerprint density at radius 2 is 1.68 bits per heavy atom. The van der Waals surface area contributed by atoms with Crippen molar-refractivity contribution in [2.24, 2.45) is 0 Å². The van der Waals surface area contributed by atoms with Crippen molar-refractivity contribution in [1.29, 1.82) is 0 Å². The summed E-state index contributed by atoms with van der Waals surface area (Å²) in [6.45, 7) is 1.69. The molecule has 0 atom stereocenters. The Morgan fingerprint density at radius 3 is 2.39 bits per heavy atom. The molecular weight excluding hydrogens is 370 g/mol. The summed E-state index contributed by atoms with van der Waals surface area (Å²) in [6.07, 6.45) is 8.87. The average Bonchev–Trinajstić information content (AvgIpc) is 3.18. The lowest BCUT2D eigenvalue weighted by molar-refractivity contribution is -0.126. The minimum Gasteiger partial charge on any atom is -0.339 e. The molecule has 2 heterocycles. The van der Waals surface area contributed by atoms with Crippen LogP contribution in [-0.4, -0.2) is 33.7 Å². The van der Waals surface area contributed by atoms with E-state index in [0.29, 0.717) is 5.02 Å². The second-order valence-corrected chi connectivity index (χ2v) is 7.38. The summed E-state index contributed by atoms with van der Waals surface area (Å²) < 4.78 is 1.84. The predicted molar refractivity (Wildman–Crippen MR) is 113 cm³/mol. The zero-order chi connectivity index (χ0) is 19.3. The second kappa shape index (κ2) is 8.44. The molecule has 1 fully saturated rings. The highest BCUT2D eigenvalue weighted by molar-refractivity contribution is 6.30. The summed E-state index contributed by atoms with van der Waals surface area (Å²) >= 11 is 6.04. The number of carbonyl (C=O) groups is 1. The minimum atomic E-state index is 0.0641. The molecule has 4 nitrogen and oxygen atoms in total. The van der Waals surface area contributed by atoms with E-state index < -0.39 is 0 Å². The van der Waals surface area contributed by atoms with Gasteiger partial charge in [-0.2, -0.15) is 5.10 Å².